The highest BCUT2D eigenvalue weighted by Gasteiger charge is 2.57. The first kappa shape index (κ1) is 12.9. The maximum Gasteiger partial charge on any atom is 0.316 e. The number of esters is 1. The van der Waals surface area contributed by atoms with Gasteiger partial charge in [-0.25, -0.2) is 0 Å². The number of aliphatic hydroxyl groups excluding tert-OH is 1. The second kappa shape index (κ2) is 3.99. The zero-order valence-electron chi connectivity index (χ0n) is 9.43. The Hall–Kier alpha value is -1.21. The summed E-state index contributed by atoms with van der Waals surface area (Å²) in [6.07, 6.45) is -1.33. The molecule has 0 radical (unpaired) electrons. The van der Waals surface area contributed by atoms with Gasteiger partial charge in [0, 0.05) is 11.3 Å². The summed E-state index contributed by atoms with van der Waals surface area (Å²) in [6, 6.07) is 0. The standard InChI is InChI=1S/C9H15NO6/c1-8(5-10(13)14)4-9(2,6(11)15-3)7(12)16-8/h7,12H,4-5H2,1-3H3/t7?,8-,9?/m0/s1. The molecule has 0 aliphatic carbocycles. The monoisotopic (exact) mass is 233 g/mol. The molecule has 3 atom stereocenters. The zero-order chi connectivity index (χ0) is 12.6. The molecule has 7 heteroatoms. The van der Waals surface area contributed by atoms with Crippen LogP contribution in [-0.2, 0) is 14.3 Å². The fraction of sp³-hybridized carbons (Fsp3) is 0.889. The first-order chi connectivity index (χ1) is 7.23. The van der Waals surface area contributed by atoms with Gasteiger partial charge in [-0.15, -0.1) is 0 Å². The molecule has 0 saturated carbocycles. The van der Waals surface area contributed by atoms with Gasteiger partial charge in [-0.2, -0.15) is 0 Å². The molecule has 1 rings (SSSR count). The van der Waals surface area contributed by atoms with E-state index in [1.165, 1.54) is 21.0 Å². The summed E-state index contributed by atoms with van der Waals surface area (Å²) in [5.74, 6) is -0.632. The Balaban J connectivity index is 2.88. The number of rotatable bonds is 3. The van der Waals surface area contributed by atoms with E-state index in [4.69, 9.17) is 4.74 Å². The molecule has 16 heavy (non-hydrogen) atoms. The fourth-order valence-electron chi connectivity index (χ4n) is 2.08. The van der Waals surface area contributed by atoms with Gasteiger partial charge < -0.3 is 14.6 Å². The van der Waals surface area contributed by atoms with Gasteiger partial charge >= 0.3 is 5.97 Å². The molecule has 7 nitrogen and oxygen atoms in total. The van der Waals surface area contributed by atoms with E-state index in [9.17, 15) is 20.0 Å². The highest BCUT2D eigenvalue weighted by molar-refractivity contribution is 5.77. The number of methoxy groups -OCH3 is 1. The van der Waals surface area contributed by atoms with Gasteiger partial charge in [-0.1, -0.05) is 0 Å². The summed E-state index contributed by atoms with van der Waals surface area (Å²) in [5.41, 5.74) is -2.40. The van der Waals surface area contributed by atoms with Gasteiger partial charge in [-0.05, 0) is 13.8 Å². The van der Waals surface area contributed by atoms with E-state index in [0.29, 0.717) is 0 Å². The van der Waals surface area contributed by atoms with E-state index in [0.717, 1.165) is 0 Å². The molecule has 1 heterocycles. The van der Waals surface area contributed by atoms with E-state index < -0.39 is 34.7 Å². The third-order valence-electron chi connectivity index (χ3n) is 2.80. The van der Waals surface area contributed by atoms with Crippen molar-refractivity contribution < 1.29 is 24.3 Å². The average molecular weight is 233 g/mol. The number of carbonyl (C=O) groups is 1. The van der Waals surface area contributed by atoms with E-state index in [1.54, 1.807) is 0 Å². The first-order valence-electron chi connectivity index (χ1n) is 4.80. The lowest BCUT2D eigenvalue weighted by atomic mass is 9.82. The lowest BCUT2D eigenvalue weighted by Crippen LogP contribution is -2.37. The van der Waals surface area contributed by atoms with Gasteiger partial charge in [0.15, 0.2) is 6.29 Å². The van der Waals surface area contributed by atoms with Gasteiger partial charge in [0.1, 0.15) is 11.0 Å². The van der Waals surface area contributed by atoms with Crippen LogP contribution in [0, 0.1) is 15.5 Å². The lowest BCUT2D eigenvalue weighted by Gasteiger charge is -2.22. The van der Waals surface area contributed by atoms with Crippen molar-refractivity contribution in [3.63, 3.8) is 0 Å². The molecule has 0 aromatic rings. The third-order valence-corrected chi connectivity index (χ3v) is 2.80. The molecule has 1 saturated heterocycles. The summed E-state index contributed by atoms with van der Waals surface area (Å²) >= 11 is 0. The maximum atomic E-state index is 11.5. The molecule has 0 spiro atoms. The van der Waals surface area contributed by atoms with E-state index >= 15 is 0 Å². The van der Waals surface area contributed by atoms with Crippen LogP contribution < -0.4 is 0 Å². The van der Waals surface area contributed by atoms with Crippen LogP contribution in [0.2, 0.25) is 0 Å². The normalized spacial score (nSPS) is 38.4. The minimum absolute atomic E-state index is 0.0504. The number of nitrogens with zero attached hydrogens (tertiary/aromatic N) is 1. The van der Waals surface area contributed by atoms with Crippen molar-refractivity contribution in [2.45, 2.75) is 32.2 Å². The highest BCUT2D eigenvalue weighted by Crippen LogP contribution is 2.44. The van der Waals surface area contributed by atoms with Crippen LogP contribution >= 0.6 is 0 Å². The Labute approximate surface area is 92.5 Å². The molecule has 1 N–H and O–H groups in total. The molecule has 1 fully saturated rings. The van der Waals surface area contributed by atoms with E-state index in [2.05, 4.69) is 4.74 Å². The highest BCUT2D eigenvalue weighted by atomic mass is 16.7. The number of hydrogen-bond acceptors (Lipinski definition) is 6. The number of ether oxygens (including phenoxy) is 2. The summed E-state index contributed by atoms with van der Waals surface area (Å²) in [5, 5.41) is 20.1. The minimum Gasteiger partial charge on any atom is -0.468 e. The maximum absolute atomic E-state index is 11.5. The van der Waals surface area contributed by atoms with Gasteiger partial charge in [0.25, 0.3) is 0 Å². The number of nitro groups is 1. The van der Waals surface area contributed by atoms with Gasteiger partial charge in [0.05, 0.1) is 7.11 Å². The molecule has 0 amide bonds. The molecular weight excluding hydrogens is 218 g/mol. The molecule has 1 aliphatic heterocycles. The first-order valence-corrected chi connectivity index (χ1v) is 4.80. The summed E-state index contributed by atoms with van der Waals surface area (Å²) in [7, 11) is 1.20. The Morgan fingerprint density at radius 2 is 2.25 bits per heavy atom. The smallest absolute Gasteiger partial charge is 0.316 e. The van der Waals surface area contributed by atoms with Crippen LogP contribution in [0.25, 0.3) is 0 Å². The van der Waals surface area contributed by atoms with E-state index in [-0.39, 0.29) is 6.42 Å². The van der Waals surface area contributed by atoms with Crippen LogP contribution in [0.4, 0.5) is 0 Å². The predicted octanol–water partition coefficient (Wildman–Crippen LogP) is -0.0602. The number of aliphatic hydroxyl groups is 1. The van der Waals surface area contributed by atoms with Crippen LogP contribution in [0.5, 0.6) is 0 Å². The van der Waals surface area contributed by atoms with Crippen LogP contribution in [0.3, 0.4) is 0 Å². The van der Waals surface area contributed by atoms with Crippen molar-refractivity contribution >= 4 is 5.97 Å². The largest absolute Gasteiger partial charge is 0.468 e. The second-order valence-corrected chi connectivity index (χ2v) is 4.50. The Morgan fingerprint density at radius 1 is 1.69 bits per heavy atom. The summed E-state index contributed by atoms with van der Waals surface area (Å²) in [4.78, 5) is 21.4. The van der Waals surface area contributed by atoms with Crippen molar-refractivity contribution in [2.75, 3.05) is 13.7 Å². The number of carbonyl (C=O) groups excluding carboxylic acids is 1. The Bertz CT molecular complexity index is 319. The van der Waals surface area contributed by atoms with Crippen molar-refractivity contribution in [3.05, 3.63) is 10.1 Å². The lowest BCUT2D eigenvalue weighted by molar-refractivity contribution is -0.501. The van der Waals surface area contributed by atoms with Gasteiger partial charge in [0.2, 0.25) is 6.54 Å². The molecule has 92 valence electrons. The zero-order valence-corrected chi connectivity index (χ0v) is 9.43. The third kappa shape index (κ3) is 2.14. The molecular formula is C9H15NO6. The van der Waals surface area contributed by atoms with Crippen LogP contribution in [-0.4, -0.2) is 41.5 Å². The Morgan fingerprint density at radius 3 is 2.69 bits per heavy atom. The second-order valence-electron chi connectivity index (χ2n) is 4.50. The average Bonchev–Trinajstić information content (AvgIpc) is 2.35. The molecule has 0 bridgehead atoms. The summed E-state index contributed by atoms with van der Waals surface area (Å²) in [6.45, 7) is 2.50. The fourth-order valence-corrected chi connectivity index (χ4v) is 2.08. The quantitative estimate of drug-likeness (QED) is 0.416. The molecule has 1 aliphatic rings. The summed E-state index contributed by atoms with van der Waals surface area (Å²) < 4.78 is 9.67. The van der Waals surface area contributed by atoms with E-state index in [1.807, 2.05) is 0 Å². The molecule has 0 aromatic heterocycles. The van der Waals surface area contributed by atoms with Crippen molar-refractivity contribution in [1.29, 1.82) is 0 Å². The van der Waals surface area contributed by atoms with Crippen molar-refractivity contribution in [2.24, 2.45) is 5.41 Å². The SMILES string of the molecule is COC(=O)C1(C)C[C@@](C)(C[N+](=O)[O-])OC1O. The van der Waals surface area contributed by atoms with Crippen molar-refractivity contribution in [3.8, 4) is 0 Å². The topological polar surface area (TPSA) is 98.9 Å². The van der Waals surface area contributed by atoms with Crippen molar-refractivity contribution in [1.82, 2.24) is 0 Å². The van der Waals surface area contributed by atoms with Crippen LogP contribution in [0.1, 0.15) is 20.3 Å². The minimum atomic E-state index is -1.38. The molecule has 0 aromatic carbocycles. The van der Waals surface area contributed by atoms with Crippen LogP contribution in [0.15, 0.2) is 0 Å². The predicted molar refractivity (Wildman–Crippen MR) is 52.1 cm³/mol. The molecule has 2 unspecified atom stereocenters. The Kier molecular flexibility index (Phi) is 3.20. The van der Waals surface area contributed by atoms with Gasteiger partial charge in [-0.3, -0.25) is 14.9 Å². The number of hydrogen-bond donors (Lipinski definition) is 1.